The van der Waals surface area contributed by atoms with E-state index in [1.54, 1.807) is 24.5 Å². The molecule has 0 radical (unpaired) electrons. The van der Waals surface area contributed by atoms with E-state index in [0.717, 1.165) is 0 Å². The Kier molecular flexibility index (Phi) is 6.51. The van der Waals surface area contributed by atoms with Gasteiger partial charge in [0.2, 0.25) is 10.0 Å². The Bertz CT molecular complexity index is 715. The van der Waals surface area contributed by atoms with Crippen molar-refractivity contribution in [1.82, 2.24) is 20.3 Å². The van der Waals surface area contributed by atoms with Gasteiger partial charge < -0.3 is 10.6 Å². The zero-order valence-corrected chi connectivity index (χ0v) is 14.3. The summed E-state index contributed by atoms with van der Waals surface area (Å²) in [7, 11) is -1.85. The number of pyridine rings is 1. The molecule has 0 bridgehead atoms. The lowest BCUT2D eigenvalue weighted by Gasteiger charge is -2.12. The molecule has 7 nitrogen and oxygen atoms in total. The van der Waals surface area contributed by atoms with Gasteiger partial charge in [-0.2, -0.15) is 0 Å². The smallest absolute Gasteiger partial charge is 0.242 e. The summed E-state index contributed by atoms with van der Waals surface area (Å²) in [6, 6.07) is 7.12. The van der Waals surface area contributed by atoms with Crippen LogP contribution in [0.4, 0.5) is 0 Å². The average molecular weight is 353 g/mol. The van der Waals surface area contributed by atoms with Gasteiger partial charge in [-0.3, -0.25) is 9.98 Å². The predicted octanol–water partition coefficient (Wildman–Crippen LogP) is 0.787. The second kappa shape index (κ2) is 8.61. The van der Waals surface area contributed by atoms with Crippen molar-refractivity contribution >= 4 is 27.3 Å². The molecule has 124 valence electrons. The maximum Gasteiger partial charge on any atom is 0.242 e. The van der Waals surface area contributed by atoms with E-state index >= 15 is 0 Å². The van der Waals surface area contributed by atoms with Crippen LogP contribution >= 0.6 is 11.3 Å². The number of nitrogens with zero attached hydrogens (tertiary/aromatic N) is 2. The third-order valence-corrected chi connectivity index (χ3v) is 5.21. The molecule has 0 aliphatic rings. The zero-order chi connectivity index (χ0) is 16.5. The minimum atomic E-state index is -3.52. The first-order valence-corrected chi connectivity index (χ1v) is 9.35. The van der Waals surface area contributed by atoms with Gasteiger partial charge >= 0.3 is 0 Å². The summed E-state index contributed by atoms with van der Waals surface area (Å²) in [5.74, 6) is 0.624. The normalized spacial score (nSPS) is 12.1. The minimum absolute atomic E-state index is 0.153. The van der Waals surface area contributed by atoms with Crippen molar-refractivity contribution in [2.24, 2.45) is 4.99 Å². The molecule has 2 aromatic rings. The molecule has 0 aliphatic heterocycles. The van der Waals surface area contributed by atoms with Gasteiger partial charge in [-0.15, -0.1) is 11.3 Å². The second-order valence-corrected chi connectivity index (χ2v) is 7.32. The van der Waals surface area contributed by atoms with Crippen LogP contribution in [0.5, 0.6) is 0 Å². The van der Waals surface area contributed by atoms with Gasteiger partial charge in [-0.1, -0.05) is 6.07 Å². The van der Waals surface area contributed by atoms with E-state index in [-0.39, 0.29) is 11.4 Å². The fraction of sp³-hybridized carbons (Fsp3) is 0.286. The number of thiophene rings is 1. The van der Waals surface area contributed by atoms with Gasteiger partial charge in [-0.05, 0) is 23.6 Å². The molecule has 0 saturated heterocycles. The van der Waals surface area contributed by atoms with Crippen LogP contribution in [0.1, 0.15) is 4.88 Å². The molecule has 0 fully saturated rings. The Morgan fingerprint density at radius 3 is 2.78 bits per heavy atom. The monoisotopic (exact) mass is 353 g/mol. The maximum absolute atomic E-state index is 12.0. The van der Waals surface area contributed by atoms with Gasteiger partial charge in [0.25, 0.3) is 0 Å². The van der Waals surface area contributed by atoms with Crippen molar-refractivity contribution in [2.75, 3.05) is 20.1 Å². The lowest BCUT2D eigenvalue weighted by molar-refractivity contribution is 0.580. The molecule has 0 aliphatic carbocycles. The first kappa shape index (κ1) is 17.4. The highest BCUT2D eigenvalue weighted by molar-refractivity contribution is 7.89. The lowest BCUT2D eigenvalue weighted by Crippen LogP contribution is -2.41. The summed E-state index contributed by atoms with van der Waals surface area (Å²) in [5.41, 5.74) is 0. The quantitative estimate of drug-likeness (QED) is 0.388. The fourth-order valence-electron chi connectivity index (χ4n) is 1.76. The number of aromatic nitrogens is 1. The molecule has 9 heteroatoms. The summed E-state index contributed by atoms with van der Waals surface area (Å²) in [5, 5.41) is 8.23. The van der Waals surface area contributed by atoms with Crippen LogP contribution in [0.2, 0.25) is 0 Å². The van der Waals surface area contributed by atoms with E-state index in [2.05, 4.69) is 25.3 Å². The van der Waals surface area contributed by atoms with E-state index < -0.39 is 10.0 Å². The molecule has 3 N–H and O–H groups in total. The molecular weight excluding hydrogens is 334 g/mol. The van der Waals surface area contributed by atoms with Crippen LogP contribution in [-0.4, -0.2) is 39.5 Å². The molecule has 23 heavy (non-hydrogen) atoms. The number of hydrogen-bond donors (Lipinski definition) is 3. The average Bonchev–Trinajstić information content (AvgIpc) is 3.08. The molecule has 0 atom stereocenters. The van der Waals surface area contributed by atoms with Crippen LogP contribution in [0.3, 0.4) is 0 Å². The number of rotatable bonds is 7. The van der Waals surface area contributed by atoms with E-state index in [1.165, 1.54) is 23.3 Å². The van der Waals surface area contributed by atoms with Gasteiger partial charge in [0.1, 0.15) is 4.90 Å². The van der Waals surface area contributed by atoms with Crippen LogP contribution < -0.4 is 15.4 Å². The zero-order valence-electron chi connectivity index (χ0n) is 12.7. The third-order valence-electron chi connectivity index (χ3n) is 2.89. The minimum Gasteiger partial charge on any atom is -0.355 e. The van der Waals surface area contributed by atoms with Crippen molar-refractivity contribution in [2.45, 2.75) is 11.4 Å². The highest BCUT2D eigenvalue weighted by Gasteiger charge is 2.12. The summed E-state index contributed by atoms with van der Waals surface area (Å²) in [4.78, 5) is 9.25. The number of hydrogen-bond acceptors (Lipinski definition) is 5. The maximum atomic E-state index is 12.0. The molecule has 0 aromatic carbocycles. The molecule has 0 amide bonds. The molecule has 0 saturated carbocycles. The Labute approximate surface area is 139 Å². The van der Waals surface area contributed by atoms with Crippen molar-refractivity contribution in [3.8, 4) is 0 Å². The first-order chi connectivity index (χ1) is 11.1. The highest BCUT2D eigenvalue weighted by atomic mass is 32.2. The Morgan fingerprint density at radius 1 is 1.26 bits per heavy atom. The van der Waals surface area contributed by atoms with Crippen molar-refractivity contribution < 1.29 is 8.42 Å². The largest absolute Gasteiger partial charge is 0.355 e. The lowest BCUT2D eigenvalue weighted by atomic mass is 10.5. The Hall–Kier alpha value is -1.97. The van der Waals surface area contributed by atoms with Gasteiger partial charge in [-0.25, -0.2) is 13.1 Å². The molecular formula is C14H19N5O2S2. The summed E-state index contributed by atoms with van der Waals surface area (Å²) < 4.78 is 26.5. The van der Waals surface area contributed by atoms with Gasteiger partial charge in [0.15, 0.2) is 5.96 Å². The Morgan fingerprint density at radius 2 is 2.13 bits per heavy atom. The number of nitrogens with one attached hydrogen (secondary N) is 3. The third kappa shape index (κ3) is 5.62. The van der Waals surface area contributed by atoms with E-state index in [1.807, 2.05) is 17.5 Å². The van der Waals surface area contributed by atoms with Gasteiger partial charge in [0, 0.05) is 37.4 Å². The number of sulfonamides is 1. The summed E-state index contributed by atoms with van der Waals surface area (Å²) >= 11 is 1.66. The molecule has 2 heterocycles. The van der Waals surface area contributed by atoms with E-state index in [9.17, 15) is 8.42 Å². The molecule has 0 spiro atoms. The molecule has 2 aromatic heterocycles. The fourth-order valence-corrected chi connectivity index (χ4v) is 3.40. The topological polar surface area (TPSA) is 95.5 Å². The van der Waals surface area contributed by atoms with Crippen LogP contribution in [-0.2, 0) is 16.6 Å². The van der Waals surface area contributed by atoms with E-state index in [0.29, 0.717) is 19.0 Å². The van der Waals surface area contributed by atoms with Gasteiger partial charge in [0.05, 0.1) is 6.54 Å². The second-order valence-electron chi connectivity index (χ2n) is 4.52. The first-order valence-electron chi connectivity index (χ1n) is 6.98. The summed E-state index contributed by atoms with van der Waals surface area (Å²) in [6.45, 7) is 1.35. The van der Waals surface area contributed by atoms with Crippen molar-refractivity contribution in [1.29, 1.82) is 0 Å². The summed E-state index contributed by atoms with van der Waals surface area (Å²) in [6.07, 6.45) is 2.85. The molecule has 0 unspecified atom stereocenters. The van der Waals surface area contributed by atoms with Crippen molar-refractivity contribution in [3.63, 3.8) is 0 Å². The van der Waals surface area contributed by atoms with Crippen LogP contribution in [0.25, 0.3) is 0 Å². The standard InChI is InChI=1S/C14H19N5O2S2/c1-15-14(18-10-12-4-3-9-22-12)17-7-8-19-23(20,21)13-5-2-6-16-11-13/h2-6,9,11,19H,7-8,10H2,1H3,(H2,15,17,18). The predicted molar refractivity (Wildman–Crippen MR) is 91.9 cm³/mol. The van der Waals surface area contributed by atoms with E-state index in [4.69, 9.17) is 0 Å². The van der Waals surface area contributed by atoms with Crippen LogP contribution in [0, 0.1) is 0 Å². The number of aliphatic imine (C=N–C) groups is 1. The van der Waals surface area contributed by atoms with Crippen molar-refractivity contribution in [3.05, 3.63) is 46.9 Å². The Balaban J connectivity index is 1.73. The number of guanidine groups is 1. The molecule has 2 rings (SSSR count). The van der Waals surface area contributed by atoms with Crippen LogP contribution in [0.15, 0.2) is 51.9 Å². The highest BCUT2D eigenvalue weighted by Crippen LogP contribution is 2.07. The SMILES string of the molecule is CN=C(NCCNS(=O)(=O)c1cccnc1)NCc1cccs1.